The molecule has 2 heterocycles. The Bertz CT molecular complexity index is 996. The van der Waals surface area contributed by atoms with E-state index in [4.69, 9.17) is 4.74 Å². The van der Waals surface area contributed by atoms with E-state index >= 15 is 0 Å². The number of carbonyl (C=O) groups is 1. The topological polar surface area (TPSA) is 44.8 Å². The summed E-state index contributed by atoms with van der Waals surface area (Å²) < 4.78 is 39.2. The summed E-state index contributed by atoms with van der Waals surface area (Å²) in [6.07, 6.45) is 5.04. The van der Waals surface area contributed by atoms with E-state index in [-0.39, 0.29) is 17.5 Å². The quantitative estimate of drug-likeness (QED) is 0.554. The number of likely N-dealkylation sites (tertiary alicyclic amines) is 1. The summed E-state index contributed by atoms with van der Waals surface area (Å²) in [5, 5.41) is 0. The fourth-order valence-electron chi connectivity index (χ4n) is 4.38. The number of hydrogen-bond donors (Lipinski definition) is 1. The molecule has 3 aliphatic rings. The first-order valence-electron chi connectivity index (χ1n) is 11.7. The Labute approximate surface area is 197 Å². The summed E-state index contributed by atoms with van der Waals surface area (Å²) in [7, 11) is 0. The minimum absolute atomic E-state index is 0.0438. The predicted octanol–water partition coefficient (Wildman–Crippen LogP) is 4.88. The summed E-state index contributed by atoms with van der Waals surface area (Å²) in [5.41, 5.74) is 2.08. The van der Waals surface area contributed by atoms with Crippen LogP contribution >= 0.6 is 12.1 Å². The van der Waals surface area contributed by atoms with Gasteiger partial charge in [-0.05, 0) is 73.9 Å². The van der Waals surface area contributed by atoms with E-state index in [2.05, 4.69) is 9.62 Å². The molecule has 5 nitrogen and oxygen atoms in total. The molecule has 2 aromatic carbocycles. The molecular weight excluding hydrogens is 444 g/mol. The van der Waals surface area contributed by atoms with Crippen LogP contribution in [0.1, 0.15) is 59.5 Å². The highest BCUT2D eigenvalue weighted by Gasteiger charge is 2.31. The number of halogens is 2. The molecular formula is C25H29F2N3O2S. The Hall–Kier alpha value is -2.16. The number of rotatable bonds is 8. The third kappa shape index (κ3) is 5.67. The van der Waals surface area contributed by atoms with Crippen LogP contribution in [-0.4, -0.2) is 47.4 Å². The van der Waals surface area contributed by atoms with Crippen molar-refractivity contribution in [3.63, 3.8) is 0 Å². The van der Waals surface area contributed by atoms with Crippen LogP contribution in [0.2, 0.25) is 0 Å². The molecule has 1 amide bonds. The number of ether oxygens (including phenoxy) is 1. The van der Waals surface area contributed by atoms with Crippen LogP contribution in [-0.2, 0) is 6.54 Å². The molecule has 2 aliphatic heterocycles. The number of amides is 1. The minimum atomic E-state index is -0.546. The van der Waals surface area contributed by atoms with Crippen LogP contribution in [0.3, 0.4) is 0 Å². The number of nitrogens with zero attached hydrogens (tertiary/aromatic N) is 2. The van der Waals surface area contributed by atoms with Crippen LogP contribution in [0, 0.1) is 11.6 Å². The second kappa shape index (κ2) is 9.99. The van der Waals surface area contributed by atoms with Gasteiger partial charge in [0.15, 0.2) is 0 Å². The van der Waals surface area contributed by atoms with Gasteiger partial charge in [0.2, 0.25) is 0 Å². The number of hydrogen-bond acceptors (Lipinski definition) is 5. The molecule has 1 N–H and O–H groups in total. The molecule has 0 radical (unpaired) electrons. The maximum Gasteiger partial charge on any atom is 0.265 e. The Morgan fingerprint density at radius 2 is 1.85 bits per heavy atom. The van der Waals surface area contributed by atoms with E-state index in [1.165, 1.54) is 30.3 Å². The van der Waals surface area contributed by atoms with Gasteiger partial charge in [-0.3, -0.25) is 14.4 Å². The standard InChI is InChI=1S/C25H29F2N3O2S/c26-19-8-4-17(5-9-19)15-29-10-1-3-20(16-29)32-24-14-23(27)22(13-21(24)18-6-7-18)25(31)28-33-30-11-2-12-30/h4-5,8-9,13-14,18,20H,1-3,6-7,10-12,15-16H2,(H,28,31)/t20-/m1/s1. The van der Waals surface area contributed by atoms with E-state index in [0.717, 1.165) is 76.0 Å². The van der Waals surface area contributed by atoms with E-state index in [1.807, 2.05) is 16.4 Å². The van der Waals surface area contributed by atoms with Crippen molar-refractivity contribution in [1.82, 2.24) is 13.9 Å². The fourth-order valence-corrected chi connectivity index (χ4v) is 5.14. The second-order valence-electron chi connectivity index (χ2n) is 9.19. The second-order valence-corrected chi connectivity index (χ2v) is 10.1. The maximum absolute atomic E-state index is 14.9. The average molecular weight is 474 g/mol. The molecule has 1 saturated carbocycles. The van der Waals surface area contributed by atoms with Gasteiger partial charge in [-0.2, -0.15) is 0 Å². The highest BCUT2D eigenvalue weighted by molar-refractivity contribution is 7.95. The van der Waals surface area contributed by atoms with Crippen molar-refractivity contribution in [3.05, 3.63) is 64.7 Å². The number of benzene rings is 2. The Kier molecular flexibility index (Phi) is 6.85. The van der Waals surface area contributed by atoms with Gasteiger partial charge in [-0.1, -0.05) is 12.1 Å². The first kappa shape index (κ1) is 22.6. The summed E-state index contributed by atoms with van der Waals surface area (Å²) in [4.78, 5) is 14.9. The number of nitrogens with one attached hydrogen (secondary N) is 1. The third-order valence-electron chi connectivity index (χ3n) is 6.52. The summed E-state index contributed by atoms with van der Waals surface area (Å²) in [6.45, 7) is 4.30. The van der Waals surface area contributed by atoms with Crippen LogP contribution < -0.4 is 9.46 Å². The van der Waals surface area contributed by atoms with E-state index in [0.29, 0.717) is 11.7 Å². The molecule has 176 valence electrons. The molecule has 2 saturated heterocycles. The van der Waals surface area contributed by atoms with Gasteiger partial charge in [-0.25, -0.2) is 13.1 Å². The van der Waals surface area contributed by atoms with Gasteiger partial charge in [0, 0.05) is 44.4 Å². The van der Waals surface area contributed by atoms with Crippen molar-refractivity contribution in [2.45, 2.75) is 50.7 Å². The largest absolute Gasteiger partial charge is 0.489 e. The smallest absolute Gasteiger partial charge is 0.265 e. The van der Waals surface area contributed by atoms with Crippen molar-refractivity contribution in [2.75, 3.05) is 26.2 Å². The van der Waals surface area contributed by atoms with Crippen molar-refractivity contribution < 1.29 is 18.3 Å². The van der Waals surface area contributed by atoms with Crippen LogP contribution in [0.4, 0.5) is 8.78 Å². The monoisotopic (exact) mass is 473 g/mol. The normalized spacial score (nSPS) is 21.5. The molecule has 5 rings (SSSR count). The van der Waals surface area contributed by atoms with E-state index in [1.54, 1.807) is 6.07 Å². The first-order chi connectivity index (χ1) is 16.0. The lowest BCUT2D eigenvalue weighted by Gasteiger charge is -2.33. The third-order valence-corrected chi connectivity index (χ3v) is 7.42. The van der Waals surface area contributed by atoms with Crippen LogP contribution in [0.15, 0.2) is 36.4 Å². The zero-order valence-corrected chi connectivity index (χ0v) is 19.4. The minimum Gasteiger partial charge on any atom is -0.489 e. The molecule has 3 fully saturated rings. The van der Waals surface area contributed by atoms with E-state index in [9.17, 15) is 13.6 Å². The fraction of sp³-hybridized carbons (Fsp3) is 0.480. The van der Waals surface area contributed by atoms with Gasteiger partial charge in [-0.15, -0.1) is 0 Å². The molecule has 1 atom stereocenters. The van der Waals surface area contributed by atoms with Crippen molar-refractivity contribution in [1.29, 1.82) is 0 Å². The predicted molar refractivity (Wildman–Crippen MR) is 125 cm³/mol. The van der Waals surface area contributed by atoms with Gasteiger partial charge in [0.05, 0.1) is 5.56 Å². The van der Waals surface area contributed by atoms with Crippen LogP contribution in [0.5, 0.6) is 5.75 Å². The van der Waals surface area contributed by atoms with Gasteiger partial charge < -0.3 is 4.74 Å². The van der Waals surface area contributed by atoms with Gasteiger partial charge in [0.25, 0.3) is 5.91 Å². The summed E-state index contributed by atoms with van der Waals surface area (Å²) in [5.74, 6) is -0.287. The molecule has 0 aromatic heterocycles. The lowest BCUT2D eigenvalue weighted by molar-refractivity contribution is 0.0832. The molecule has 0 spiro atoms. The molecule has 0 bridgehead atoms. The maximum atomic E-state index is 14.9. The number of piperidine rings is 1. The molecule has 0 unspecified atom stereocenters. The van der Waals surface area contributed by atoms with Gasteiger partial charge >= 0.3 is 0 Å². The van der Waals surface area contributed by atoms with Gasteiger partial charge in [0.1, 0.15) is 23.5 Å². The SMILES string of the molecule is O=C(NSN1CCC1)c1cc(C2CC2)c(O[C@@H]2CCCN(Cc3ccc(F)cc3)C2)cc1F. The lowest BCUT2D eigenvalue weighted by atomic mass is 10.0. The highest BCUT2D eigenvalue weighted by Crippen LogP contribution is 2.45. The highest BCUT2D eigenvalue weighted by atomic mass is 32.2. The lowest BCUT2D eigenvalue weighted by Crippen LogP contribution is -2.40. The van der Waals surface area contributed by atoms with Crippen molar-refractivity contribution in [2.24, 2.45) is 0 Å². The van der Waals surface area contributed by atoms with Crippen molar-refractivity contribution in [3.8, 4) is 5.75 Å². The molecule has 2 aromatic rings. The average Bonchev–Trinajstić information content (AvgIpc) is 3.60. The zero-order chi connectivity index (χ0) is 22.8. The summed E-state index contributed by atoms with van der Waals surface area (Å²) in [6, 6.07) is 9.67. The molecule has 1 aliphatic carbocycles. The molecule has 33 heavy (non-hydrogen) atoms. The zero-order valence-electron chi connectivity index (χ0n) is 18.6. The summed E-state index contributed by atoms with van der Waals surface area (Å²) >= 11 is 1.25. The van der Waals surface area contributed by atoms with Crippen molar-refractivity contribution >= 4 is 18.0 Å². The first-order valence-corrected chi connectivity index (χ1v) is 12.5. The number of carbonyl (C=O) groups excluding carboxylic acids is 1. The Morgan fingerprint density at radius 3 is 2.55 bits per heavy atom. The van der Waals surface area contributed by atoms with E-state index < -0.39 is 11.7 Å². The Balaban J connectivity index is 1.25. The Morgan fingerprint density at radius 1 is 1.06 bits per heavy atom. The van der Waals surface area contributed by atoms with Crippen LogP contribution in [0.25, 0.3) is 0 Å². The molecule has 8 heteroatoms.